The second-order valence-electron chi connectivity index (χ2n) is 6.53. The number of fused-ring (bicyclic) bond motifs is 1. The first-order valence-corrected chi connectivity index (χ1v) is 11.9. The Morgan fingerprint density at radius 3 is 2.50 bits per heavy atom. The zero-order chi connectivity index (χ0) is 21.8. The number of likely N-dealkylation sites (N-methyl/N-ethyl adjacent to an activating group) is 1. The average molecular weight is 531 g/mol. The Kier molecular flexibility index (Phi) is 7.98. The first-order chi connectivity index (χ1) is 14.4. The molecule has 0 unspecified atom stereocenters. The van der Waals surface area contributed by atoms with Crippen molar-refractivity contribution < 1.29 is 9.53 Å². The number of methoxy groups -OCH3 is 1. The normalized spacial score (nSPS) is 11.3. The van der Waals surface area contributed by atoms with Gasteiger partial charge in [-0.2, -0.15) is 0 Å². The van der Waals surface area contributed by atoms with Crippen LogP contribution in [0.3, 0.4) is 0 Å². The van der Waals surface area contributed by atoms with Crippen molar-refractivity contribution in [1.29, 1.82) is 0 Å². The smallest absolute Gasteiger partial charge is 0.261 e. The zero-order valence-corrected chi connectivity index (χ0v) is 20.8. The Labute approximate surface area is 198 Å². The van der Waals surface area contributed by atoms with Crippen LogP contribution in [0.5, 0.6) is 5.75 Å². The van der Waals surface area contributed by atoms with Crippen molar-refractivity contribution in [3.05, 3.63) is 50.4 Å². The molecule has 1 amide bonds. The van der Waals surface area contributed by atoms with Gasteiger partial charge >= 0.3 is 0 Å². The van der Waals surface area contributed by atoms with Gasteiger partial charge < -0.3 is 9.64 Å². The number of halogens is 3. The van der Waals surface area contributed by atoms with Crippen LogP contribution in [0.25, 0.3) is 10.2 Å². The van der Waals surface area contributed by atoms with E-state index in [1.807, 2.05) is 6.07 Å². The van der Waals surface area contributed by atoms with Gasteiger partial charge in [0.15, 0.2) is 5.13 Å². The van der Waals surface area contributed by atoms with Crippen molar-refractivity contribution in [3.8, 4) is 5.75 Å². The van der Waals surface area contributed by atoms with Crippen molar-refractivity contribution in [2.75, 3.05) is 38.2 Å². The maximum Gasteiger partial charge on any atom is 0.261 e. The fourth-order valence-corrected chi connectivity index (χ4v) is 4.93. The number of anilines is 1. The molecular formula is C21H22BrCl2N3O2S. The summed E-state index contributed by atoms with van der Waals surface area (Å²) in [6.07, 6.45) is 0. The molecule has 0 radical (unpaired) electrons. The number of aromatic nitrogens is 1. The van der Waals surface area contributed by atoms with Crippen LogP contribution in [0.15, 0.2) is 34.8 Å². The predicted octanol–water partition coefficient (Wildman–Crippen LogP) is 6.36. The topological polar surface area (TPSA) is 45.7 Å². The third-order valence-electron chi connectivity index (χ3n) is 4.84. The molecule has 2 aromatic carbocycles. The van der Waals surface area contributed by atoms with E-state index in [1.165, 1.54) is 11.3 Å². The molecular weight excluding hydrogens is 509 g/mol. The van der Waals surface area contributed by atoms with E-state index in [4.69, 9.17) is 32.9 Å². The molecule has 0 atom stereocenters. The van der Waals surface area contributed by atoms with E-state index in [1.54, 1.807) is 36.3 Å². The van der Waals surface area contributed by atoms with Crippen LogP contribution in [-0.4, -0.2) is 49.1 Å². The lowest BCUT2D eigenvalue weighted by molar-refractivity contribution is 0.0984. The molecule has 0 aliphatic heterocycles. The lowest BCUT2D eigenvalue weighted by Gasteiger charge is -2.25. The summed E-state index contributed by atoms with van der Waals surface area (Å²) in [4.78, 5) is 22.2. The van der Waals surface area contributed by atoms with E-state index in [0.29, 0.717) is 45.1 Å². The Balaban J connectivity index is 2.07. The van der Waals surface area contributed by atoms with Gasteiger partial charge in [0.25, 0.3) is 5.91 Å². The largest absolute Gasteiger partial charge is 0.494 e. The van der Waals surface area contributed by atoms with Crippen molar-refractivity contribution in [3.63, 3.8) is 0 Å². The van der Waals surface area contributed by atoms with Crippen molar-refractivity contribution in [2.24, 2.45) is 0 Å². The number of benzene rings is 2. The van der Waals surface area contributed by atoms with E-state index in [-0.39, 0.29) is 5.91 Å². The molecule has 0 spiro atoms. The lowest BCUT2D eigenvalue weighted by Crippen LogP contribution is -2.39. The summed E-state index contributed by atoms with van der Waals surface area (Å²) >= 11 is 17.5. The molecule has 30 heavy (non-hydrogen) atoms. The number of ether oxygens (including phenoxy) is 1. The van der Waals surface area contributed by atoms with E-state index >= 15 is 0 Å². The number of carbonyl (C=O) groups excluding carboxylic acids is 1. The van der Waals surface area contributed by atoms with E-state index in [0.717, 1.165) is 22.3 Å². The van der Waals surface area contributed by atoms with Gasteiger partial charge in [0.1, 0.15) is 11.3 Å². The second kappa shape index (κ2) is 10.3. The molecule has 1 aromatic heterocycles. The minimum absolute atomic E-state index is 0.206. The van der Waals surface area contributed by atoms with E-state index < -0.39 is 0 Å². The van der Waals surface area contributed by atoms with Crippen LogP contribution in [-0.2, 0) is 0 Å². The highest BCUT2D eigenvalue weighted by molar-refractivity contribution is 9.10. The first-order valence-electron chi connectivity index (χ1n) is 9.51. The number of amides is 1. The molecule has 0 saturated carbocycles. The van der Waals surface area contributed by atoms with Gasteiger partial charge in [-0.05, 0) is 43.4 Å². The summed E-state index contributed by atoms with van der Waals surface area (Å²) in [5, 5.41) is 1.53. The monoisotopic (exact) mass is 529 g/mol. The maximum absolute atomic E-state index is 13.5. The summed E-state index contributed by atoms with van der Waals surface area (Å²) in [5.74, 6) is 0.413. The minimum Gasteiger partial charge on any atom is -0.494 e. The molecule has 0 fully saturated rings. The quantitative estimate of drug-likeness (QED) is 0.340. The molecule has 0 bridgehead atoms. The Morgan fingerprint density at radius 2 is 1.83 bits per heavy atom. The van der Waals surface area contributed by atoms with Crippen LogP contribution in [0, 0.1) is 0 Å². The van der Waals surface area contributed by atoms with Gasteiger partial charge in [-0.25, -0.2) is 4.98 Å². The molecule has 3 aromatic rings. The molecule has 0 N–H and O–H groups in total. The minimum atomic E-state index is -0.206. The van der Waals surface area contributed by atoms with Crippen molar-refractivity contribution >= 4 is 71.7 Å². The molecule has 0 aliphatic rings. The fourth-order valence-electron chi connectivity index (χ4n) is 3.09. The number of nitrogens with zero attached hydrogens (tertiary/aromatic N) is 3. The van der Waals surface area contributed by atoms with Gasteiger partial charge in [-0.3, -0.25) is 9.69 Å². The number of hydrogen-bond acceptors (Lipinski definition) is 5. The first kappa shape index (κ1) is 23.3. The second-order valence-corrected chi connectivity index (χ2v) is 9.24. The fraction of sp³-hybridized carbons (Fsp3) is 0.333. The highest BCUT2D eigenvalue weighted by atomic mass is 79.9. The van der Waals surface area contributed by atoms with Gasteiger partial charge in [0, 0.05) is 17.6 Å². The van der Waals surface area contributed by atoms with Crippen molar-refractivity contribution in [2.45, 2.75) is 13.8 Å². The average Bonchev–Trinajstić information content (AvgIpc) is 3.19. The molecule has 0 saturated heterocycles. The van der Waals surface area contributed by atoms with Gasteiger partial charge in [-0.15, -0.1) is 0 Å². The summed E-state index contributed by atoms with van der Waals surface area (Å²) in [5.41, 5.74) is 1.06. The Hall–Kier alpha value is -1.38. The number of carbonyl (C=O) groups is 1. The standard InChI is InChI=1S/C21H22BrCl2N3O2S/c1-4-26(5-2)10-11-27(20(28)14-12-13(22)6-7-15(14)23)21-25-18-17(29-3)9-8-16(24)19(18)30-21/h6-9,12H,4-5,10-11H2,1-3H3. The molecule has 1 heterocycles. The molecule has 0 aliphatic carbocycles. The molecule has 3 rings (SSSR count). The van der Waals surface area contributed by atoms with Crippen LogP contribution < -0.4 is 9.64 Å². The highest BCUT2D eigenvalue weighted by Gasteiger charge is 2.25. The van der Waals surface area contributed by atoms with Crippen LogP contribution in [0.2, 0.25) is 10.0 Å². The zero-order valence-electron chi connectivity index (χ0n) is 16.9. The van der Waals surface area contributed by atoms with E-state index in [2.05, 4.69) is 34.7 Å². The maximum atomic E-state index is 13.5. The summed E-state index contributed by atoms with van der Waals surface area (Å²) < 4.78 is 7.00. The summed E-state index contributed by atoms with van der Waals surface area (Å²) in [6.45, 7) is 7.19. The van der Waals surface area contributed by atoms with Crippen molar-refractivity contribution in [1.82, 2.24) is 9.88 Å². The molecule has 5 nitrogen and oxygen atoms in total. The number of rotatable bonds is 8. The summed E-state index contributed by atoms with van der Waals surface area (Å²) in [7, 11) is 1.59. The predicted molar refractivity (Wildman–Crippen MR) is 130 cm³/mol. The number of thiazole rings is 1. The third-order valence-corrected chi connectivity index (χ3v) is 7.20. The van der Waals surface area contributed by atoms with Gasteiger partial charge in [0.05, 0.1) is 27.4 Å². The van der Waals surface area contributed by atoms with Crippen LogP contribution >= 0.6 is 50.5 Å². The Bertz CT molecular complexity index is 1060. The number of hydrogen-bond donors (Lipinski definition) is 0. The highest BCUT2D eigenvalue weighted by Crippen LogP contribution is 2.39. The molecule has 160 valence electrons. The lowest BCUT2D eigenvalue weighted by atomic mass is 10.2. The third kappa shape index (κ3) is 4.92. The molecule has 9 heteroatoms. The summed E-state index contributed by atoms with van der Waals surface area (Å²) in [6, 6.07) is 8.80. The van der Waals surface area contributed by atoms with Crippen LogP contribution in [0.1, 0.15) is 24.2 Å². The van der Waals surface area contributed by atoms with Gasteiger partial charge in [-0.1, -0.05) is 64.3 Å². The van der Waals surface area contributed by atoms with Crippen LogP contribution in [0.4, 0.5) is 5.13 Å². The SMILES string of the molecule is CCN(CC)CCN(C(=O)c1cc(Br)ccc1Cl)c1nc2c(OC)ccc(Cl)c2s1. The Morgan fingerprint density at radius 1 is 1.13 bits per heavy atom. The van der Waals surface area contributed by atoms with E-state index in [9.17, 15) is 4.79 Å². The van der Waals surface area contributed by atoms with Gasteiger partial charge in [0.2, 0.25) is 0 Å².